The molecule has 142 valence electrons. The van der Waals surface area contributed by atoms with E-state index >= 15 is 0 Å². The van der Waals surface area contributed by atoms with Crippen molar-refractivity contribution in [3.8, 4) is 0 Å². The molecule has 1 atom stereocenters. The van der Waals surface area contributed by atoms with Crippen molar-refractivity contribution >= 4 is 16.1 Å². The summed E-state index contributed by atoms with van der Waals surface area (Å²) in [6, 6.07) is 6.39. The maximum atomic E-state index is 11.2. The highest BCUT2D eigenvalue weighted by atomic mass is 32.2. The van der Waals surface area contributed by atoms with Gasteiger partial charge in [-0.2, -0.15) is 8.42 Å². The summed E-state index contributed by atoms with van der Waals surface area (Å²) in [7, 11) is -4.17. The van der Waals surface area contributed by atoms with E-state index in [4.69, 9.17) is 9.66 Å². The summed E-state index contributed by atoms with van der Waals surface area (Å²) < 4.78 is 31.4. The molecule has 0 spiro atoms. The second-order valence-electron chi connectivity index (χ2n) is 6.58. The molecule has 1 aromatic carbocycles. The lowest BCUT2D eigenvalue weighted by Gasteiger charge is -2.18. The molecule has 0 saturated carbocycles. The molecule has 0 bridgehead atoms. The van der Waals surface area contributed by atoms with Crippen LogP contribution in [-0.2, 0) is 14.9 Å². The minimum atomic E-state index is -4.17. The molecule has 0 heterocycles. The van der Waals surface area contributed by atoms with E-state index in [2.05, 4.69) is 6.92 Å². The minimum Gasteiger partial charge on any atom is -0.481 e. The van der Waals surface area contributed by atoms with Gasteiger partial charge in [-0.15, -0.1) is 0 Å². The van der Waals surface area contributed by atoms with Crippen molar-refractivity contribution < 1.29 is 22.9 Å². The van der Waals surface area contributed by atoms with Crippen molar-refractivity contribution in [2.75, 3.05) is 0 Å². The average molecular weight is 371 g/mol. The van der Waals surface area contributed by atoms with Gasteiger partial charge in [-0.25, -0.2) is 0 Å². The zero-order chi connectivity index (χ0) is 18.7. The Labute approximate surface area is 151 Å². The van der Waals surface area contributed by atoms with Crippen LogP contribution in [0, 0.1) is 0 Å². The predicted molar refractivity (Wildman–Crippen MR) is 98.5 cm³/mol. The molecular weight excluding hydrogens is 340 g/mol. The molecule has 0 saturated heterocycles. The fourth-order valence-electron chi connectivity index (χ4n) is 3.05. The van der Waals surface area contributed by atoms with E-state index < -0.39 is 16.1 Å². The molecule has 0 aliphatic heterocycles. The topological polar surface area (TPSA) is 91.7 Å². The predicted octanol–water partition coefficient (Wildman–Crippen LogP) is 5.02. The third kappa shape index (κ3) is 9.02. The molecule has 1 rings (SSSR count). The number of carboxylic acids is 1. The first kappa shape index (κ1) is 21.6. The minimum absolute atomic E-state index is 0.0937. The first-order valence-electron chi connectivity index (χ1n) is 9.13. The van der Waals surface area contributed by atoms with E-state index in [1.165, 1.54) is 37.8 Å². The first-order chi connectivity index (χ1) is 11.8. The summed E-state index contributed by atoms with van der Waals surface area (Å²) in [5.41, 5.74) is 1.05. The van der Waals surface area contributed by atoms with Crippen LogP contribution in [0.2, 0.25) is 0 Å². The summed E-state index contributed by atoms with van der Waals surface area (Å²) in [6.45, 7) is 2.18. The van der Waals surface area contributed by atoms with Crippen LogP contribution in [0.3, 0.4) is 0 Å². The van der Waals surface area contributed by atoms with E-state index in [-0.39, 0.29) is 11.3 Å². The molecule has 0 aliphatic carbocycles. The quantitative estimate of drug-likeness (QED) is 0.375. The van der Waals surface area contributed by atoms with Gasteiger partial charge in [-0.1, -0.05) is 57.6 Å². The third-order valence-electron chi connectivity index (χ3n) is 4.50. The van der Waals surface area contributed by atoms with Crippen molar-refractivity contribution in [1.82, 2.24) is 0 Å². The van der Waals surface area contributed by atoms with Crippen LogP contribution < -0.4 is 0 Å². The Morgan fingerprint density at radius 1 is 0.960 bits per heavy atom. The van der Waals surface area contributed by atoms with Gasteiger partial charge in [-0.05, 0) is 42.9 Å². The highest BCUT2D eigenvalue weighted by Gasteiger charge is 2.14. The standard InChI is InChI=1S/C19H30O5S/c1-2-3-4-5-6-9-16(10-7-8-11-19(20)21)17-12-14-18(15-13-17)25(22,23)24/h12-16H,2-11H2,1H3,(H,20,21)(H,22,23,24). The van der Waals surface area contributed by atoms with Crippen LogP contribution in [0.15, 0.2) is 29.2 Å². The normalized spacial score (nSPS) is 12.9. The fourth-order valence-corrected chi connectivity index (χ4v) is 3.53. The number of carbonyl (C=O) groups is 1. The maximum Gasteiger partial charge on any atom is 0.303 e. The number of hydrogen-bond donors (Lipinski definition) is 2. The van der Waals surface area contributed by atoms with Gasteiger partial charge in [0.2, 0.25) is 0 Å². The smallest absolute Gasteiger partial charge is 0.303 e. The van der Waals surface area contributed by atoms with Crippen LogP contribution in [0.25, 0.3) is 0 Å². The molecule has 0 aliphatic rings. The van der Waals surface area contributed by atoms with Crippen molar-refractivity contribution in [2.24, 2.45) is 0 Å². The Morgan fingerprint density at radius 3 is 2.04 bits per heavy atom. The number of hydrogen-bond acceptors (Lipinski definition) is 3. The van der Waals surface area contributed by atoms with Gasteiger partial charge >= 0.3 is 5.97 Å². The Morgan fingerprint density at radius 2 is 1.52 bits per heavy atom. The van der Waals surface area contributed by atoms with Gasteiger partial charge in [0.25, 0.3) is 10.1 Å². The lowest BCUT2D eigenvalue weighted by molar-refractivity contribution is -0.137. The summed E-state index contributed by atoms with van der Waals surface area (Å²) >= 11 is 0. The number of carboxylic acid groups (broad SMARTS) is 1. The van der Waals surface area contributed by atoms with Crippen molar-refractivity contribution in [3.05, 3.63) is 29.8 Å². The molecular formula is C19H30O5S. The van der Waals surface area contributed by atoms with Crippen LogP contribution >= 0.6 is 0 Å². The maximum absolute atomic E-state index is 11.2. The fraction of sp³-hybridized carbons (Fsp3) is 0.632. The molecule has 0 fully saturated rings. The van der Waals surface area contributed by atoms with Crippen LogP contribution in [0.5, 0.6) is 0 Å². The van der Waals surface area contributed by atoms with E-state index in [1.807, 2.05) is 0 Å². The molecule has 1 unspecified atom stereocenters. The van der Waals surface area contributed by atoms with Crippen molar-refractivity contribution in [1.29, 1.82) is 0 Å². The van der Waals surface area contributed by atoms with Gasteiger partial charge in [0.1, 0.15) is 0 Å². The Bertz CT molecular complexity index is 607. The number of rotatable bonds is 13. The van der Waals surface area contributed by atoms with Gasteiger partial charge in [-0.3, -0.25) is 9.35 Å². The molecule has 25 heavy (non-hydrogen) atoms. The summed E-state index contributed by atoms with van der Waals surface area (Å²) in [4.78, 5) is 10.5. The second kappa shape index (κ2) is 11.3. The third-order valence-corrected chi connectivity index (χ3v) is 5.37. The molecule has 2 N–H and O–H groups in total. The van der Waals surface area contributed by atoms with Gasteiger partial charge in [0.15, 0.2) is 0 Å². The lowest BCUT2D eigenvalue weighted by Crippen LogP contribution is -2.03. The molecule has 0 radical (unpaired) electrons. The van der Waals surface area contributed by atoms with E-state index in [0.717, 1.165) is 31.2 Å². The van der Waals surface area contributed by atoms with Gasteiger partial charge in [0.05, 0.1) is 4.90 Å². The van der Waals surface area contributed by atoms with E-state index in [0.29, 0.717) is 12.3 Å². The number of aliphatic carboxylic acids is 1. The summed E-state index contributed by atoms with van der Waals surface area (Å²) in [5.74, 6) is -0.473. The average Bonchev–Trinajstić information content (AvgIpc) is 2.55. The van der Waals surface area contributed by atoms with Crippen molar-refractivity contribution in [2.45, 2.75) is 81.9 Å². The molecule has 0 aromatic heterocycles. The zero-order valence-corrected chi connectivity index (χ0v) is 15.8. The lowest BCUT2D eigenvalue weighted by atomic mass is 9.88. The highest BCUT2D eigenvalue weighted by molar-refractivity contribution is 7.85. The van der Waals surface area contributed by atoms with Crippen LogP contribution in [-0.4, -0.2) is 24.0 Å². The first-order valence-corrected chi connectivity index (χ1v) is 10.6. The van der Waals surface area contributed by atoms with Gasteiger partial charge < -0.3 is 5.11 Å². The monoisotopic (exact) mass is 370 g/mol. The molecule has 6 heteroatoms. The highest BCUT2D eigenvalue weighted by Crippen LogP contribution is 2.29. The Hall–Kier alpha value is -1.40. The van der Waals surface area contributed by atoms with E-state index in [9.17, 15) is 13.2 Å². The Kier molecular flexibility index (Phi) is 9.75. The SMILES string of the molecule is CCCCCCCC(CCCCC(=O)O)c1ccc(S(=O)(=O)O)cc1. The number of benzene rings is 1. The van der Waals surface area contributed by atoms with Crippen LogP contribution in [0.4, 0.5) is 0 Å². The zero-order valence-electron chi connectivity index (χ0n) is 15.0. The molecule has 5 nitrogen and oxygen atoms in total. The van der Waals surface area contributed by atoms with Crippen molar-refractivity contribution in [3.63, 3.8) is 0 Å². The van der Waals surface area contributed by atoms with Gasteiger partial charge in [0, 0.05) is 6.42 Å². The van der Waals surface area contributed by atoms with Crippen LogP contribution in [0.1, 0.15) is 82.6 Å². The largest absolute Gasteiger partial charge is 0.481 e. The number of unbranched alkanes of at least 4 members (excludes halogenated alkanes) is 5. The summed E-state index contributed by atoms with van der Waals surface area (Å²) in [6.07, 6.45) is 9.56. The Balaban J connectivity index is 2.66. The summed E-state index contributed by atoms with van der Waals surface area (Å²) in [5, 5.41) is 8.75. The second-order valence-corrected chi connectivity index (χ2v) is 8.00. The molecule has 0 amide bonds. The van der Waals surface area contributed by atoms with E-state index in [1.54, 1.807) is 12.1 Å². The molecule has 1 aromatic rings.